The lowest BCUT2D eigenvalue weighted by Gasteiger charge is -2.28. The third-order valence-corrected chi connectivity index (χ3v) is 4.26. The predicted octanol–water partition coefficient (Wildman–Crippen LogP) is 2.18. The van der Waals surface area contributed by atoms with E-state index in [0.29, 0.717) is 12.1 Å². The first-order valence-electron chi connectivity index (χ1n) is 6.52. The minimum Gasteiger partial charge on any atom is -0.388 e. The summed E-state index contributed by atoms with van der Waals surface area (Å²) >= 11 is 1.55. The van der Waals surface area contributed by atoms with Crippen LogP contribution in [0.1, 0.15) is 36.0 Å². The van der Waals surface area contributed by atoms with Gasteiger partial charge in [0.05, 0.1) is 16.2 Å². The maximum absolute atomic E-state index is 12.2. The molecule has 1 aromatic heterocycles. The van der Waals surface area contributed by atoms with Crippen LogP contribution in [0.4, 0.5) is 0 Å². The van der Waals surface area contributed by atoms with E-state index >= 15 is 0 Å². The van der Waals surface area contributed by atoms with Gasteiger partial charge in [0.1, 0.15) is 0 Å². The Hall–Kier alpha value is -1.07. The first-order chi connectivity index (χ1) is 9.04. The molecule has 1 aromatic rings. The van der Waals surface area contributed by atoms with Crippen LogP contribution in [0.3, 0.4) is 0 Å². The van der Waals surface area contributed by atoms with Crippen molar-refractivity contribution in [3.8, 4) is 0 Å². The van der Waals surface area contributed by atoms with Gasteiger partial charge in [-0.1, -0.05) is 12.8 Å². The van der Waals surface area contributed by atoms with Crippen LogP contribution in [0.5, 0.6) is 0 Å². The van der Waals surface area contributed by atoms with E-state index in [4.69, 9.17) is 0 Å². The molecule has 1 aliphatic rings. The van der Waals surface area contributed by atoms with Crippen LogP contribution in [-0.4, -0.2) is 46.3 Å². The summed E-state index contributed by atoms with van der Waals surface area (Å²) in [7, 11) is 1.74. The summed E-state index contributed by atoms with van der Waals surface area (Å²) < 4.78 is 0. The van der Waals surface area contributed by atoms with Gasteiger partial charge < -0.3 is 10.0 Å². The molecule has 1 fully saturated rings. The van der Waals surface area contributed by atoms with Gasteiger partial charge in [0.2, 0.25) is 0 Å². The van der Waals surface area contributed by atoms with Crippen molar-refractivity contribution in [1.29, 1.82) is 0 Å². The van der Waals surface area contributed by atoms with E-state index < -0.39 is 5.60 Å². The quantitative estimate of drug-likeness (QED) is 0.859. The zero-order chi connectivity index (χ0) is 13.9. The van der Waals surface area contributed by atoms with Crippen LogP contribution < -0.4 is 0 Å². The zero-order valence-corrected chi connectivity index (χ0v) is 12.2. The number of carbonyl (C=O) groups is 1. The molecule has 2 rings (SSSR count). The van der Waals surface area contributed by atoms with Crippen LogP contribution in [0.2, 0.25) is 0 Å². The van der Waals surface area contributed by atoms with E-state index in [1.807, 2.05) is 12.3 Å². The number of hydrogen-bond donors (Lipinski definition) is 1. The van der Waals surface area contributed by atoms with Crippen molar-refractivity contribution in [2.24, 2.45) is 0 Å². The van der Waals surface area contributed by atoms with E-state index in [0.717, 1.165) is 30.7 Å². The number of aromatic nitrogens is 1. The van der Waals surface area contributed by atoms with E-state index in [1.54, 1.807) is 36.0 Å². The largest absolute Gasteiger partial charge is 0.388 e. The highest BCUT2D eigenvalue weighted by Gasteiger charge is 2.33. The van der Waals surface area contributed by atoms with E-state index in [1.165, 1.54) is 0 Å². The molecule has 1 amide bonds. The molecule has 1 N–H and O–H groups in total. The summed E-state index contributed by atoms with van der Waals surface area (Å²) in [5, 5.41) is 11.2. The standard InChI is InChI=1S/C14H20N2O2S/c1-16(10-14(18)7-3-4-8-14)13(17)11-5-6-12(19-2)15-9-11/h5-6,9,18H,3-4,7-8,10H2,1-2H3. The van der Waals surface area contributed by atoms with Gasteiger partial charge in [0.25, 0.3) is 5.91 Å². The number of amides is 1. The molecule has 1 aliphatic carbocycles. The molecule has 0 radical (unpaired) electrons. The Morgan fingerprint density at radius 2 is 2.16 bits per heavy atom. The van der Waals surface area contributed by atoms with Crippen molar-refractivity contribution in [3.63, 3.8) is 0 Å². The molecule has 0 saturated heterocycles. The molecule has 1 heterocycles. The SMILES string of the molecule is CSc1ccc(C(=O)N(C)CC2(O)CCCC2)cn1. The first-order valence-corrected chi connectivity index (χ1v) is 7.74. The van der Waals surface area contributed by atoms with E-state index in [2.05, 4.69) is 4.98 Å². The summed E-state index contributed by atoms with van der Waals surface area (Å²) in [5.74, 6) is -0.0829. The van der Waals surface area contributed by atoms with Crippen LogP contribution in [0, 0.1) is 0 Å². The van der Waals surface area contributed by atoms with E-state index in [9.17, 15) is 9.90 Å². The van der Waals surface area contributed by atoms with Crippen molar-refractivity contribution >= 4 is 17.7 Å². The fourth-order valence-electron chi connectivity index (χ4n) is 2.55. The molecule has 4 nitrogen and oxygen atoms in total. The monoisotopic (exact) mass is 280 g/mol. The van der Waals surface area contributed by atoms with Crippen LogP contribution in [0.25, 0.3) is 0 Å². The minimum absolute atomic E-state index is 0.0829. The molecular weight excluding hydrogens is 260 g/mol. The lowest BCUT2D eigenvalue weighted by Crippen LogP contribution is -2.42. The minimum atomic E-state index is -0.697. The Balaban J connectivity index is 2.01. The van der Waals surface area contributed by atoms with Crippen molar-refractivity contribution in [3.05, 3.63) is 23.9 Å². The molecule has 5 heteroatoms. The molecule has 0 bridgehead atoms. The molecule has 0 aromatic carbocycles. The van der Waals surface area contributed by atoms with Crippen LogP contribution >= 0.6 is 11.8 Å². The van der Waals surface area contributed by atoms with Gasteiger partial charge >= 0.3 is 0 Å². The maximum Gasteiger partial charge on any atom is 0.255 e. The summed E-state index contributed by atoms with van der Waals surface area (Å²) in [6, 6.07) is 3.63. The highest BCUT2D eigenvalue weighted by atomic mass is 32.2. The third kappa shape index (κ3) is 3.48. The number of thioether (sulfide) groups is 1. The average molecular weight is 280 g/mol. The Kier molecular flexibility index (Phi) is 4.47. The van der Waals surface area contributed by atoms with Crippen molar-refractivity contribution in [2.75, 3.05) is 19.8 Å². The average Bonchev–Trinajstić information content (AvgIpc) is 2.84. The fraction of sp³-hybridized carbons (Fsp3) is 0.571. The van der Waals surface area contributed by atoms with Gasteiger partial charge in [-0.25, -0.2) is 4.98 Å². The molecule has 0 aliphatic heterocycles. The number of pyridine rings is 1. The van der Waals surface area contributed by atoms with Crippen molar-refractivity contribution < 1.29 is 9.90 Å². The lowest BCUT2D eigenvalue weighted by molar-refractivity contribution is 0.0156. The third-order valence-electron chi connectivity index (χ3n) is 3.60. The molecule has 19 heavy (non-hydrogen) atoms. The second kappa shape index (κ2) is 5.92. The highest BCUT2D eigenvalue weighted by Crippen LogP contribution is 2.30. The van der Waals surface area contributed by atoms with Gasteiger partial charge in [-0.05, 0) is 31.2 Å². The number of aliphatic hydroxyl groups is 1. The number of hydrogen-bond acceptors (Lipinski definition) is 4. The highest BCUT2D eigenvalue weighted by molar-refractivity contribution is 7.98. The molecule has 0 spiro atoms. The van der Waals surface area contributed by atoms with Crippen LogP contribution in [0.15, 0.2) is 23.4 Å². The van der Waals surface area contributed by atoms with Gasteiger partial charge in [0.15, 0.2) is 0 Å². The smallest absolute Gasteiger partial charge is 0.255 e. The van der Waals surface area contributed by atoms with Gasteiger partial charge in [-0.15, -0.1) is 11.8 Å². The first kappa shape index (κ1) is 14.3. The van der Waals surface area contributed by atoms with Gasteiger partial charge in [-0.2, -0.15) is 0 Å². The fourth-order valence-corrected chi connectivity index (χ4v) is 2.91. The summed E-state index contributed by atoms with van der Waals surface area (Å²) in [4.78, 5) is 18.0. The summed E-state index contributed by atoms with van der Waals surface area (Å²) in [6.07, 6.45) is 7.21. The normalized spacial score (nSPS) is 17.4. The van der Waals surface area contributed by atoms with E-state index in [-0.39, 0.29) is 5.91 Å². The molecular formula is C14H20N2O2S. The van der Waals surface area contributed by atoms with Gasteiger partial charge in [0, 0.05) is 19.8 Å². The zero-order valence-electron chi connectivity index (χ0n) is 11.4. The number of nitrogens with zero attached hydrogens (tertiary/aromatic N) is 2. The summed E-state index contributed by atoms with van der Waals surface area (Å²) in [5.41, 5.74) is -0.126. The second-order valence-electron chi connectivity index (χ2n) is 5.18. The Morgan fingerprint density at radius 1 is 1.47 bits per heavy atom. The molecule has 0 atom stereocenters. The number of rotatable bonds is 4. The molecule has 0 unspecified atom stereocenters. The Labute approximate surface area is 118 Å². The number of carbonyl (C=O) groups excluding carboxylic acids is 1. The lowest BCUT2D eigenvalue weighted by atomic mass is 10.0. The van der Waals surface area contributed by atoms with Crippen molar-refractivity contribution in [2.45, 2.75) is 36.3 Å². The van der Waals surface area contributed by atoms with Crippen LogP contribution in [-0.2, 0) is 0 Å². The Morgan fingerprint density at radius 3 is 2.68 bits per heavy atom. The Bertz CT molecular complexity index is 441. The number of likely N-dealkylation sites (N-methyl/N-ethyl adjacent to an activating group) is 1. The van der Waals surface area contributed by atoms with Gasteiger partial charge in [-0.3, -0.25) is 4.79 Å². The molecule has 104 valence electrons. The second-order valence-corrected chi connectivity index (χ2v) is 6.01. The maximum atomic E-state index is 12.2. The summed E-state index contributed by atoms with van der Waals surface area (Å²) in [6.45, 7) is 0.399. The van der Waals surface area contributed by atoms with Crippen molar-refractivity contribution in [1.82, 2.24) is 9.88 Å². The molecule has 1 saturated carbocycles. The predicted molar refractivity (Wildman–Crippen MR) is 76.4 cm³/mol. The topological polar surface area (TPSA) is 53.4 Å².